The van der Waals surface area contributed by atoms with Crippen molar-refractivity contribution in [2.24, 2.45) is 0 Å². The van der Waals surface area contributed by atoms with Crippen LogP contribution in [-0.2, 0) is 0 Å². The molecule has 0 saturated carbocycles. The number of rotatable bonds is 2. The second-order valence-corrected chi connectivity index (χ2v) is 4.08. The maximum Gasteiger partial charge on any atom is 0.0363 e. The van der Waals surface area contributed by atoms with E-state index >= 15 is 0 Å². The van der Waals surface area contributed by atoms with Crippen LogP contribution in [0.1, 0.15) is 36.9 Å². The van der Waals surface area contributed by atoms with Crippen molar-refractivity contribution in [1.29, 1.82) is 0 Å². The summed E-state index contributed by atoms with van der Waals surface area (Å²) in [6.07, 6.45) is 6.56. The second kappa shape index (κ2) is 4.09. The molecule has 2 rings (SSSR count). The van der Waals surface area contributed by atoms with E-state index in [0.717, 1.165) is 6.54 Å². The Morgan fingerprint density at radius 2 is 2.36 bits per heavy atom. The van der Waals surface area contributed by atoms with Crippen LogP contribution in [0.3, 0.4) is 0 Å². The first-order valence-corrected chi connectivity index (χ1v) is 5.47. The zero-order valence-corrected chi connectivity index (χ0v) is 9.03. The zero-order valence-electron chi connectivity index (χ0n) is 9.03. The average molecular weight is 190 g/mol. The van der Waals surface area contributed by atoms with Crippen LogP contribution in [0.5, 0.6) is 0 Å². The van der Waals surface area contributed by atoms with Crippen LogP contribution in [0.2, 0.25) is 0 Å². The fourth-order valence-corrected chi connectivity index (χ4v) is 2.34. The molecule has 1 fully saturated rings. The summed E-state index contributed by atoms with van der Waals surface area (Å²) in [7, 11) is 0. The SMILES string of the molecule is CCN1CCC[C@@H]1c1cncc(C)c1. The van der Waals surface area contributed by atoms with Gasteiger partial charge in [0.2, 0.25) is 0 Å². The number of hydrogen-bond donors (Lipinski definition) is 0. The third-order valence-corrected chi connectivity index (χ3v) is 3.05. The van der Waals surface area contributed by atoms with E-state index in [-0.39, 0.29) is 0 Å². The maximum atomic E-state index is 4.27. The molecular formula is C12H18N2. The summed E-state index contributed by atoms with van der Waals surface area (Å²) < 4.78 is 0. The minimum atomic E-state index is 0.618. The van der Waals surface area contributed by atoms with Gasteiger partial charge in [0, 0.05) is 18.4 Å². The topological polar surface area (TPSA) is 16.1 Å². The molecule has 0 amide bonds. The largest absolute Gasteiger partial charge is 0.297 e. The highest BCUT2D eigenvalue weighted by Gasteiger charge is 2.24. The van der Waals surface area contributed by atoms with Gasteiger partial charge in [0.1, 0.15) is 0 Å². The molecule has 0 N–H and O–H groups in total. The van der Waals surface area contributed by atoms with Crippen LogP contribution < -0.4 is 0 Å². The molecule has 1 saturated heterocycles. The van der Waals surface area contributed by atoms with E-state index in [1.807, 2.05) is 12.4 Å². The Balaban J connectivity index is 2.21. The lowest BCUT2D eigenvalue weighted by Gasteiger charge is -2.22. The van der Waals surface area contributed by atoms with Gasteiger partial charge in [-0.2, -0.15) is 0 Å². The number of pyridine rings is 1. The van der Waals surface area contributed by atoms with Gasteiger partial charge in [0.05, 0.1) is 0 Å². The van der Waals surface area contributed by atoms with Gasteiger partial charge in [-0.15, -0.1) is 0 Å². The minimum Gasteiger partial charge on any atom is -0.297 e. The third kappa shape index (κ3) is 1.80. The molecule has 2 heterocycles. The maximum absolute atomic E-state index is 4.27. The highest BCUT2D eigenvalue weighted by molar-refractivity contribution is 5.21. The second-order valence-electron chi connectivity index (χ2n) is 4.08. The summed E-state index contributed by atoms with van der Waals surface area (Å²) in [5, 5.41) is 0. The van der Waals surface area contributed by atoms with E-state index in [1.54, 1.807) is 0 Å². The molecule has 2 nitrogen and oxygen atoms in total. The predicted octanol–water partition coefficient (Wildman–Crippen LogP) is 2.55. The molecule has 0 unspecified atom stereocenters. The molecule has 76 valence electrons. The van der Waals surface area contributed by atoms with Crippen molar-refractivity contribution in [2.45, 2.75) is 32.7 Å². The van der Waals surface area contributed by atoms with E-state index in [0.29, 0.717) is 6.04 Å². The minimum absolute atomic E-state index is 0.618. The molecule has 1 aliphatic heterocycles. The molecule has 1 aromatic rings. The Kier molecular flexibility index (Phi) is 2.82. The average Bonchev–Trinajstić information content (AvgIpc) is 2.65. The van der Waals surface area contributed by atoms with E-state index in [4.69, 9.17) is 0 Å². The monoisotopic (exact) mass is 190 g/mol. The normalized spacial score (nSPS) is 22.9. The zero-order chi connectivity index (χ0) is 9.97. The van der Waals surface area contributed by atoms with Gasteiger partial charge >= 0.3 is 0 Å². The first kappa shape index (κ1) is 9.66. The van der Waals surface area contributed by atoms with Crippen LogP contribution in [0.4, 0.5) is 0 Å². The molecule has 0 spiro atoms. The number of aryl methyl sites for hydroxylation is 1. The Labute approximate surface area is 86.0 Å². The standard InChI is InChI=1S/C12H18N2/c1-3-14-6-4-5-12(14)11-7-10(2)8-13-9-11/h7-9,12H,3-6H2,1-2H3/t12-/m1/s1. The molecule has 14 heavy (non-hydrogen) atoms. The molecule has 0 bridgehead atoms. The molecule has 1 aliphatic rings. The summed E-state index contributed by atoms with van der Waals surface area (Å²) in [6.45, 7) is 6.75. The van der Waals surface area contributed by atoms with Crippen LogP contribution in [0, 0.1) is 6.92 Å². The van der Waals surface area contributed by atoms with Crippen LogP contribution in [0.25, 0.3) is 0 Å². The van der Waals surface area contributed by atoms with E-state index in [9.17, 15) is 0 Å². The van der Waals surface area contributed by atoms with Gasteiger partial charge in [-0.3, -0.25) is 9.88 Å². The highest BCUT2D eigenvalue weighted by atomic mass is 15.2. The van der Waals surface area contributed by atoms with Gasteiger partial charge < -0.3 is 0 Å². The molecule has 0 aliphatic carbocycles. The fourth-order valence-electron chi connectivity index (χ4n) is 2.34. The van der Waals surface area contributed by atoms with E-state index in [1.165, 1.54) is 30.5 Å². The summed E-state index contributed by atoms with van der Waals surface area (Å²) >= 11 is 0. The third-order valence-electron chi connectivity index (χ3n) is 3.05. The van der Waals surface area contributed by atoms with Crippen molar-refractivity contribution in [3.05, 3.63) is 29.6 Å². The van der Waals surface area contributed by atoms with Crippen molar-refractivity contribution < 1.29 is 0 Å². The van der Waals surface area contributed by atoms with Gasteiger partial charge in [-0.05, 0) is 44.0 Å². The van der Waals surface area contributed by atoms with Crippen molar-refractivity contribution in [2.75, 3.05) is 13.1 Å². The lowest BCUT2D eigenvalue weighted by atomic mass is 10.1. The van der Waals surface area contributed by atoms with E-state index < -0.39 is 0 Å². The van der Waals surface area contributed by atoms with Crippen molar-refractivity contribution in [3.63, 3.8) is 0 Å². The summed E-state index contributed by atoms with van der Waals surface area (Å²) in [5.74, 6) is 0. The van der Waals surface area contributed by atoms with Crippen molar-refractivity contribution in [3.8, 4) is 0 Å². The van der Waals surface area contributed by atoms with E-state index in [2.05, 4.69) is 29.8 Å². The highest BCUT2D eigenvalue weighted by Crippen LogP contribution is 2.31. The lowest BCUT2D eigenvalue weighted by Crippen LogP contribution is -2.22. The predicted molar refractivity (Wildman–Crippen MR) is 58.2 cm³/mol. The molecule has 0 radical (unpaired) electrons. The molecular weight excluding hydrogens is 172 g/mol. The van der Waals surface area contributed by atoms with Crippen LogP contribution >= 0.6 is 0 Å². The Morgan fingerprint density at radius 3 is 3.07 bits per heavy atom. The van der Waals surface area contributed by atoms with Gasteiger partial charge in [0.15, 0.2) is 0 Å². The van der Waals surface area contributed by atoms with Crippen LogP contribution in [-0.4, -0.2) is 23.0 Å². The Hall–Kier alpha value is -0.890. The molecule has 1 aromatic heterocycles. The number of likely N-dealkylation sites (tertiary alicyclic amines) is 1. The lowest BCUT2D eigenvalue weighted by molar-refractivity contribution is 0.271. The van der Waals surface area contributed by atoms with Gasteiger partial charge in [-0.25, -0.2) is 0 Å². The summed E-state index contributed by atoms with van der Waals surface area (Å²) in [5.41, 5.74) is 2.66. The molecule has 1 atom stereocenters. The van der Waals surface area contributed by atoms with Gasteiger partial charge in [0.25, 0.3) is 0 Å². The first-order valence-electron chi connectivity index (χ1n) is 5.47. The summed E-state index contributed by atoms with van der Waals surface area (Å²) in [6, 6.07) is 2.89. The quantitative estimate of drug-likeness (QED) is 0.712. The number of hydrogen-bond acceptors (Lipinski definition) is 2. The molecule has 0 aromatic carbocycles. The molecule has 2 heteroatoms. The smallest absolute Gasteiger partial charge is 0.0363 e. The Bertz CT molecular complexity index is 309. The van der Waals surface area contributed by atoms with Gasteiger partial charge in [-0.1, -0.05) is 13.0 Å². The van der Waals surface area contributed by atoms with Crippen molar-refractivity contribution >= 4 is 0 Å². The number of nitrogens with zero attached hydrogens (tertiary/aromatic N) is 2. The van der Waals surface area contributed by atoms with Crippen molar-refractivity contribution in [1.82, 2.24) is 9.88 Å². The Morgan fingerprint density at radius 1 is 1.50 bits per heavy atom. The fraction of sp³-hybridized carbons (Fsp3) is 0.583. The van der Waals surface area contributed by atoms with Crippen LogP contribution in [0.15, 0.2) is 18.5 Å². The number of aromatic nitrogens is 1. The first-order chi connectivity index (χ1) is 6.81. The summed E-state index contributed by atoms with van der Waals surface area (Å²) in [4.78, 5) is 6.81.